The van der Waals surface area contributed by atoms with Gasteiger partial charge in [-0.1, -0.05) is 25.6 Å². The lowest BCUT2D eigenvalue weighted by Gasteiger charge is -2.10. The van der Waals surface area contributed by atoms with Crippen molar-refractivity contribution in [1.82, 2.24) is 14.8 Å². The fourth-order valence-electron chi connectivity index (χ4n) is 1.53. The van der Waals surface area contributed by atoms with Crippen molar-refractivity contribution in [2.24, 2.45) is 11.7 Å². The van der Waals surface area contributed by atoms with Crippen LogP contribution in [0.4, 0.5) is 0 Å². The van der Waals surface area contributed by atoms with Crippen LogP contribution >= 0.6 is 11.8 Å². The molecule has 92 valence electrons. The number of rotatable bonds is 7. The van der Waals surface area contributed by atoms with E-state index < -0.39 is 0 Å². The van der Waals surface area contributed by atoms with Crippen LogP contribution in [0.25, 0.3) is 0 Å². The van der Waals surface area contributed by atoms with Crippen molar-refractivity contribution < 1.29 is 0 Å². The van der Waals surface area contributed by atoms with Gasteiger partial charge >= 0.3 is 0 Å². The maximum atomic E-state index is 5.53. The summed E-state index contributed by atoms with van der Waals surface area (Å²) in [5, 5.41) is 9.46. The van der Waals surface area contributed by atoms with E-state index in [2.05, 4.69) is 28.6 Å². The number of aromatic nitrogens is 3. The summed E-state index contributed by atoms with van der Waals surface area (Å²) >= 11 is 1.66. The zero-order valence-corrected chi connectivity index (χ0v) is 11.3. The molecule has 0 atom stereocenters. The third-order valence-corrected chi connectivity index (χ3v) is 3.18. The predicted molar refractivity (Wildman–Crippen MR) is 68.6 cm³/mol. The molecule has 0 unspecified atom stereocenters. The molecule has 0 saturated heterocycles. The van der Waals surface area contributed by atoms with E-state index in [0.29, 0.717) is 12.5 Å². The van der Waals surface area contributed by atoms with E-state index in [4.69, 9.17) is 5.73 Å². The molecule has 1 heterocycles. The Morgan fingerprint density at radius 3 is 2.69 bits per heavy atom. The predicted octanol–water partition coefficient (Wildman–Crippen LogP) is 1.94. The van der Waals surface area contributed by atoms with E-state index >= 15 is 0 Å². The van der Waals surface area contributed by atoms with Crippen LogP contribution in [-0.2, 0) is 13.0 Å². The Morgan fingerprint density at radius 1 is 1.38 bits per heavy atom. The summed E-state index contributed by atoms with van der Waals surface area (Å²) in [6.07, 6.45) is 5.13. The molecule has 0 aliphatic rings. The van der Waals surface area contributed by atoms with Gasteiger partial charge in [0.05, 0.1) is 0 Å². The molecule has 1 rings (SSSR count). The highest BCUT2D eigenvalue weighted by atomic mass is 32.2. The lowest BCUT2D eigenvalue weighted by Crippen LogP contribution is -2.09. The van der Waals surface area contributed by atoms with Gasteiger partial charge in [-0.15, -0.1) is 10.2 Å². The number of hydrogen-bond donors (Lipinski definition) is 1. The minimum atomic E-state index is 0.708. The van der Waals surface area contributed by atoms with Crippen LogP contribution < -0.4 is 5.73 Å². The Balaban J connectivity index is 2.71. The number of aryl methyl sites for hydroxylation is 1. The smallest absolute Gasteiger partial charge is 0.190 e. The van der Waals surface area contributed by atoms with Crippen LogP contribution in [0, 0.1) is 5.92 Å². The van der Waals surface area contributed by atoms with Crippen molar-refractivity contribution in [2.45, 2.75) is 44.8 Å². The van der Waals surface area contributed by atoms with E-state index in [1.165, 1.54) is 6.42 Å². The molecule has 0 aromatic carbocycles. The van der Waals surface area contributed by atoms with Gasteiger partial charge in [-0.3, -0.25) is 0 Å². The Hall–Kier alpha value is -0.550. The first-order chi connectivity index (χ1) is 7.69. The monoisotopic (exact) mass is 242 g/mol. The Morgan fingerprint density at radius 2 is 2.12 bits per heavy atom. The molecule has 0 radical (unpaired) electrons. The van der Waals surface area contributed by atoms with E-state index in [1.807, 2.05) is 6.26 Å². The normalized spacial score (nSPS) is 11.3. The summed E-state index contributed by atoms with van der Waals surface area (Å²) in [4.78, 5) is 0. The van der Waals surface area contributed by atoms with Gasteiger partial charge in [0.1, 0.15) is 5.82 Å². The van der Waals surface area contributed by atoms with E-state index in [9.17, 15) is 0 Å². The summed E-state index contributed by atoms with van der Waals surface area (Å²) in [5.74, 6) is 1.79. The van der Waals surface area contributed by atoms with E-state index in [1.54, 1.807) is 11.8 Å². The maximum absolute atomic E-state index is 5.53. The highest BCUT2D eigenvalue weighted by Gasteiger charge is 2.10. The zero-order chi connectivity index (χ0) is 12.0. The van der Waals surface area contributed by atoms with Gasteiger partial charge in [0.15, 0.2) is 5.16 Å². The zero-order valence-electron chi connectivity index (χ0n) is 10.4. The highest BCUT2D eigenvalue weighted by Crippen LogP contribution is 2.16. The highest BCUT2D eigenvalue weighted by molar-refractivity contribution is 7.98. The summed E-state index contributed by atoms with van der Waals surface area (Å²) in [7, 11) is 0. The minimum Gasteiger partial charge on any atom is -0.330 e. The van der Waals surface area contributed by atoms with Gasteiger partial charge in [0.2, 0.25) is 0 Å². The van der Waals surface area contributed by atoms with Crippen LogP contribution in [0.1, 0.15) is 32.5 Å². The van der Waals surface area contributed by atoms with Crippen molar-refractivity contribution in [3.8, 4) is 0 Å². The van der Waals surface area contributed by atoms with Crippen LogP contribution in [-0.4, -0.2) is 27.6 Å². The van der Waals surface area contributed by atoms with Gasteiger partial charge in [0.25, 0.3) is 0 Å². The lowest BCUT2D eigenvalue weighted by molar-refractivity contribution is 0.483. The van der Waals surface area contributed by atoms with Crippen molar-refractivity contribution in [3.05, 3.63) is 5.82 Å². The summed E-state index contributed by atoms with van der Waals surface area (Å²) in [6, 6.07) is 0. The first-order valence-corrected chi connectivity index (χ1v) is 7.07. The quantitative estimate of drug-likeness (QED) is 0.742. The SMILES string of the molecule is CSc1nnc(CCCN)n1CCC(C)C. The largest absolute Gasteiger partial charge is 0.330 e. The van der Waals surface area contributed by atoms with Crippen LogP contribution in [0.3, 0.4) is 0 Å². The topological polar surface area (TPSA) is 56.7 Å². The lowest BCUT2D eigenvalue weighted by atomic mass is 10.1. The molecule has 0 aliphatic heterocycles. The molecule has 1 aromatic heterocycles. The molecule has 5 heteroatoms. The van der Waals surface area contributed by atoms with E-state index in [-0.39, 0.29) is 0 Å². The van der Waals surface area contributed by atoms with Crippen LogP contribution in [0.2, 0.25) is 0 Å². The molecule has 0 fully saturated rings. The second kappa shape index (κ2) is 6.91. The van der Waals surface area contributed by atoms with E-state index in [0.717, 1.165) is 30.4 Å². The van der Waals surface area contributed by atoms with Gasteiger partial charge in [-0.2, -0.15) is 0 Å². The Kier molecular flexibility index (Phi) is 5.84. The number of hydrogen-bond acceptors (Lipinski definition) is 4. The average molecular weight is 242 g/mol. The molecule has 0 aliphatic carbocycles. The number of thioether (sulfide) groups is 1. The fraction of sp³-hybridized carbons (Fsp3) is 0.818. The van der Waals surface area contributed by atoms with Gasteiger partial charge in [-0.05, 0) is 31.6 Å². The van der Waals surface area contributed by atoms with Crippen molar-refractivity contribution >= 4 is 11.8 Å². The number of nitrogens with zero attached hydrogens (tertiary/aromatic N) is 3. The molecule has 2 N–H and O–H groups in total. The third kappa shape index (κ3) is 3.79. The molecule has 0 saturated carbocycles. The molecule has 4 nitrogen and oxygen atoms in total. The molecule has 1 aromatic rings. The van der Waals surface area contributed by atoms with Crippen LogP contribution in [0.5, 0.6) is 0 Å². The second-order valence-corrected chi connectivity index (χ2v) is 5.10. The summed E-state index contributed by atoms with van der Waals surface area (Å²) in [6.45, 7) is 6.21. The molecule has 0 amide bonds. The van der Waals surface area contributed by atoms with Gasteiger partial charge in [0, 0.05) is 13.0 Å². The minimum absolute atomic E-state index is 0.708. The molecule has 16 heavy (non-hydrogen) atoms. The number of nitrogens with two attached hydrogens (primary N) is 1. The Bertz CT molecular complexity index is 309. The maximum Gasteiger partial charge on any atom is 0.190 e. The molecule has 0 bridgehead atoms. The fourth-order valence-corrected chi connectivity index (χ4v) is 2.07. The molecular weight excluding hydrogens is 220 g/mol. The average Bonchev–Trinajstić information content (AvgIpc) is 2.65. The van der Waals surface area contributed by atoms with Crippen molar-refractivity contribution in [2.75, 3.05) is 12.8 Å². The Labute approximate surface area is 102 Å². The van der Waals surface area contributed by atoms with Gasteiger partial charge < -0.3 is 10.3 Å². The first-order valence-electron chi connectivity index (χ1n) is 5.85. The third-order valence-electron chi connectivity index (χ3n) is 2.51. The summed E-state index contributed by atoms with van der Waals surface area (Å²) < 4.78 is 2.24. The van der Waals surface area contributed by atoms with Gasteiger partial charge in [-0.25, -0.2) is 0 Å². The standard InChI is InChI=1S/C11H22N4S/c1-9(2)6-8-15-10(5-4-7-12)13-14-11(15)16-3/h9H,4-8,12H2,1-3H3. The van der Waals surface area contributed by atoms with Crippen LogP contribution in [0.15, 0.2) is 5.16 Å². The first kappa shape index (κ1) is 13.5. The van der Waals surface area contributed by atoms with Crippen molar-refractivity contribution in [1.29, 1.82) is 0 Å². The molecule has 0 spiro atoms. The van der Waals surface area contributed by atoms with Crippen molar-refractivity contribution in [3.63, 3.8) is 0 Å². The molecular formula is C11H22N4S. The second-order valence-electron chi connectivity index (χ2n) is 4.33. The summed E-state index contributed by atoms with van der Waals surface area (Å²) in [5.41, 5.74) is 5.53.